The lowest BCUT2D eigenvalue weighted by molar-refractivity contribution is 0.116. The summed E-state index contributed by atoms with van der Waals surface area (Å²) in [5.41, 5.74) is 1.65. The van der Waals surface area contributed by atoms with E-state index in [1.807, 2.05) is 41.3 Å². The summed E-state index contributed by atoms with van der Waals surface area (Å²) in [5.74, 6) is 2.82. The van der Waals surface area contributed by atoms with Crippen LogP contribution in [0.1, 0.15) is 52.4 Å². The van der Waals surface area contributed by atoms with Crippen molar-refractivity contribution in [3.05, 3.63) is 30.0 Å². The fourth-order valence-electron chi connectivity index (χ4n) is 2.82. The van der Waals surface area contributed by atoms with E-state index in [0.717, 1.165) is 30.2 Å². The number of aliphatic hydroxyl groups excluding tert-OH is 1. The Bertz CT molecular complexity index is 864. The second-order valence-electron chi connectivity index (χ2n) is 7.16. The summed E-state index contributed by atoms with van der Waals surface area (Å²) in [6, 6.07) is 3.88. The summed E-state index contributed by atoms with van der Waals surface area (Å²) in [4.78, 5) is 4.73. The van der Waals surface area contributed by atoms with E-state index in [1.165, 1.54) is 0 Å². The van der Waals surface area contributed by atoms with Gasteiger partial charge in [0, 0.05) is 24.7 Å². The predicted octanol–water partition coefficient (Wildman–Crippen LogP) is 2.90. The highest BCUT2D eigenvalue weighted by Crippen LogP contribution is 2.24. The zero-order valence-corrected chi connectivity index (χ0v) is 15.5. The summed E-state index contributed by atoms with van der Waals surface area (Å²) in [6.45, 7) is 11.1. The number of hydrogen-bond donors (Lipinski definition) is 1. The number of nitrogens with zero attached hydrogens (tertiary/aromatic N) is 6. The molecular weight excluding hydrogens is 316 g/mol. The standard InChI is InChI=1S/C18H26N6O/c1-6-24-17(19-14(22-24)9-11(2)3)13-7-8-15-20-21-18(23(15)10-13)16(25)12(4)5/h7-8,10-12,16,25H,6,9H2,1-5H3. The molecule has 3 aromatic rings. The van der Waals surface area contributed by atoms with Gasteiger partial charge < -0.3 is 5.11 Å². The van der Waals surface area contributed by atoms with Crippen molar-refractivity contribution < 1.29 is 5.11 Å². The summed E-state index contributed by atoms with van der Waals surface area (Å²) < 4.78 is 3.76. The SMILES string of the molecule is CCn1nc(CC(C)C)nc1-c1ccc2nnc(C(O)C(C)C)n2c1. The monoisotopic (exact) mass is 342 g/mol. The van der Waals surface area contributed by atoms with Gasteiger partial charge in [-0.15, -0.1) is 10.2 Å². The Hall–Kier alpha value is -2.28. The minimum atomic E-state index is -0.661. The maximum absolute atomic E-state index is 10.4. The molecule has 1 unspecified atom stereocenters. The van der Waals surface area contributed by atoms with E-state index in [2.05, 4.69) is 36.1 Å². The van der Waals surface area contributed by atoms with Crippen LogP contribution in [0.4, 0.5) is 0 Å². The fourth-order valence-corrected chi connectivity index (χ4v) is 2.82. The van der Waals surface area contributed by atoms with Gasteiger partial charge in [-0.05, 0) is 30.9 Å². The molecule has 3 rings (SSSR count). The molecule has 0 amide bonds. The fraction of sp³-hybridized carbons (Fsp3) is 0.556. The second-order valence-corrected chi connectivity index (χ2v) is 7.16. The van der Waals surface area contributed by atoms with Gasteiger partial charge in [0.05, 0.1) is 0 Å². The lowest BCUT2D eigenvalue weighted by Gasteiger charge is -2.12. The highest BCUT2D eigenvalue weighted by Gasteiger charge is 2.20. The van der Waals surface area contributed by atoms with E-state index in [4.69, 9.17) is 4.98 Å². The number of fused-ring (bicyclic) bond motifs is 1. The van der Waals surface area contributed by atoms with Crippen LogP contribution in [0.2, 0.25) is 0 Å². The van der Waals surface area contributed by atoms with Gasteiger partial charge in [0.1, 0.15) is 6.10 Å². The van der Waals surface area contributed by atoms with Gasteiger partial charge in [0.15, 0.2) is 23.1 Å². The van der Waals surface area contributed by atoms with Crippen molar-refractivity contribution in [1.29, 1.82) is 0 Å². The highest BCUT2D eigenvalue weighted by atomic mass is 16.3. The van der Waals surface area contributed by atoms with Crippen molar-refractivity contribution in [3.63, 3.8) is 0 Å². The molecule has 0 fully saturated rings. The molecule has 0 saturated carbocycles. The van der Waals surface area contributed by atoms with Gasteiger partial charge in [0.2, 0.25) is 0 Å². The lowest BCUT2D eigenvalue weighted by Crippen LogP contribution is -2.10. The average Bonchev–Trinajstić information content (AvgIpc) is 3.16. The van der Waals surface area contributed by atoms with Crippen LogP contribution < -0.4 is 0 Å². The molecule has 0 aliphatic carbocycles. The first-order valence-electron chi connectivity index (χ1n) is 8.87. The molecule has 0 saturated heterocycles. The third-order valence-electron chi connectivity index (χ3n) is 4.19. The molecular formula is C18H26N6O. The molecule has 0 spiro atoms. The Morgan fingerprint density at radius 3 is 2.52 bits per heavy atom. The van der Waals surface area contributed by atoms with E-state index < -0.39 is 6.10 Å². The largest absolute Gasteiger partial charge is 0.385 e. The third kappa shape index (κ3) is 3.42. The van der Waals surface area contributed by atoms with Gasteiger partial charge >= 0.3 is 0 Å². The molecule has 7 heteroatoms. The number of aliphatic hydroxyl groups is 1. The molecule has 3 aromatic heterocycles. The molecule has 1 N–H and O–H groups in total. The maximum Gasteiger partial charge on any atom is 0.166 e. The zero-order chi connectivity index (χ0) is 18.1. The van der Waals surface area contributed by atoms with Crippen LogP contribution in [-0.4, -0.2) is 34.5 Å². The van der Waals surface area contributed by atoms with Crippen LogP contribution in [-0.2, 0) is 13.0 Å². The van der Waals surface area contributed by atoms with Gasteiger partial charge in [0.25, 0.3) is 0 Å². The number of aromatic nitrogens is 6. The minimum Gasteiger partial charge on any atom is -0.385 e. The van der Waals surface area contributed by atoms with Crippen molar-refractivity contribution in [1.82, 2.24) is 29.4 Å². The Morgan fingerprint density at radius 2 is 1.88 bits per heavy atom. The molecule has 0 aromatic carbocycles. The van der Waals surface area contributed by atoms with Gasteiger partial charge in [-0.25, -0.2) is 9.67 Å². The Labute approximate surface area is 147 Å². The predicted molar refractivity (Wildman–Crippen MR) is 96.0 cm³/mol. The Balaban J connectivity index is 2.07. The van der Waals surface area contributed by atoms with Crippen LogP contribution in [0.5, 0.6) is 0 Å². The van der Waals surface area contributed by atoms with Crippen LogP contribution in [0, 0.1) is 11.8 Å². The first-order chi connectivity index (χ1) is 11.9. The molecule has 0 aliphatic rings. The molecule has 7 nitrogen and oxygen atoms in total. The smallest absolute Gasteiger partial charge is 0.166 e. The van der Waals surface area contributed by atoms with Crippen molar-refractivity contribution in [2.24, 2.45) is 11.8 Å². The first kappa shape index (κ1) is 17.5. The topological polar surface area (TPSA) is 81.1 Å². The number of pyridine rings is 1. The minimum absolute atomic E-state index is 0.0630. The van der Waals surface area contributed by atoms with Gasteiger partial charge in [-0.2, -0.15) is 5.10 Å². The molecule has 0 aliphatic heterocycles. The van der Waals surface area contributed by atoms with Crippen LogP contribution in [0.15, 0.2) is 18.3 Å². The van der Waals surface area contributed by atoms with Crippen molar-refractivity contribution in [2.75, 3.05) is 0 Å². The molecule has 25 heavy (non-hydrogen) atoms. The molecule has 0 radical (unpaired) electrons. The number of aryl methyl sites for hydroxylation is 1. The quantitative estimate of drug-likeness (QED) is 0.745. The average molecular weight is 342 g/mol. The van der Waals surface area contributed by atoms with Crippen molar-refractivity contribution in [3.8, 4) is 11.4 Å². The van der Waals surface area contributed by atoms with Gasteiger partial charge in [-0.1, -0.05) is 27.7 Å². The van der Waals surface area contributed by atoms with E-state index in [9.17, 15) is 5.11 Å². The first-order valence-corrected chi connectivity index (χ1v) is 8.87. The molecule has 134 valence electrons. The summed E-state index contributed by atoms with van der Waals surface area (Å²) in [6.07, 6.45) is 2.13. The lowest BCUT2D eigenvalue weighted by atomic mass is 10.1. The maximum atomic E-state index is 10.4. The molecule has 0 bridgehead atoms. The van der Waals surface area contributed by atoms with E-state index >= 15 is 0 Å². The zero-order valence-electron chi connectivity index (χ0n) is 15.5. The van der Waals surface area contributed by atoms with Crippen molar-refractivity contribution >= 4 is 5.65 Å². The van der Waals surface area contributed by atoms with E-state index in [1.54, 1.807) is 0 Å². The summed E-state index contributed by atoms with van der Waals surface area (Å²) in [5, 5.41) is 23.3. The molecule has 3 heterocycles. The summed E-state index contributed by atoms with van der Waals surface area (Å²) in [7, 11) is 0. The Morgan fingerprint density at radius 1 is 1.12 bits per heavy atom. The number of rotatable bonds is 6. The molecule has 1 atom stereocenters. The van der Waals surface area contributed by atoms with Crippen molar-refractivity contribution in [2.45, 2.75) is 53.7 Å². The van der Waals surface area contributed by atoms with Crippen LogP contribution in [0.25, 0.3) is 17.0 Å². The van der Waals surface area contributed by atoms with E-state index in [0.29, 0.717) is 17.4 Å². The van der Waals surface area contributed by atoms with Gasteiger partial charge in [-0.3, -0.25) is 4.40 Å². The van der Waals surface area contributed by atoms with Crippen LogP contribution >= 0.6 is 0 Å². The highest BCUT2D eigenvalue weighted by molar-refractivity contribution is 5.58. The van der Waals surface area contributed by atoms with Crippen LogP contribution in [0.3, 0.4) is 0 Å². The van der Waals surface area contributed by atoms with E-state index in [-0.39, 0.29) is 5.92 Å². The third-order valence-corrected chi connectivity index (χ3v) is 4.19. The Kier molecular flexibility index (Phi) is 4.85. The number of hydrogen-bond acceptors (Lipinski definition) is 5. The normalized spacial score (nSPS) is 13.3. The second kappa shape index (κ2) is 6.92. The summed E-state index contributed by atoms with van der Waals surface area (Å²) >= 11 is 0.